The number of carbonyl (C=O) groups excluding carboxylic acids is 1. The van der Waals surface area contributed by atoms with E-state index in [-0.39, 0.29) is 5.91 Å². The first-order valence-corrected chi connectivity index (χ1v) is 7.49. The van der Waals surface area contributed by atoms with Crippen LogP contribution in [0.2, 0.25) is 0 Å². The molecular formula is C18H20N2O. The van der Waals surface area contributed by atoms with Gasteiger partial charge >= 0.3 is 0 Å². The van der Waals surface area contributed by atoms with Crippen molar-refractivity contribution in [2.45, 2.75) is 26.7 Å². The van der Waals surface area contributed by atoms with Gasteiger partial charge in [0.15, 0.2) is 0 Å². The highest BCUT2D eigenvalue weighted by Crippen LogP contribution is 2.25. The summed E-state index contributed by atoms with van der Waals surface area (Å²) >= 11 is 0. The number of carbonyl (C=O) groups is 1. The normalized spacial score (nSPS) is 14.5. The minimum Gasteiger partial charge on any atom is -0.339 e. The molecule has 1 amide bonds. The van der Waals surface area contributed by atoms with Crippen LogP contribution in [0.1, 0.15) is 34.3 Å². The molecule has 0 unspecified atom stereocenters. The van der Waals surface area contributed by atoms with E-state index < -0.39 is 0 Å². The summed E-state index contributed by atoms with van der Waals surface area (Å²) in [4.78, 5) is 18.9. The lowest BCUT2D eigenvalue weighted by molar-refractivity contribution is 0.0793. The lowest BCUT2D eigenvalue weighted by Gasteiger charge is -2.16. The molecule has 1 aliphatic heterocycles. The molecule has 0 saturated carbocycles. The van der Waals surface area contributed by atoms with Gasteiger partial charge in [0.2, 0.25) is 0 Å². The molecule has 3 heteroatoms. The Hall–Kier alpha value is -2.16. The van der Waals surface area contributed by atoms with Crippen LogP contribution in [-0.2, 0) is 0 Å². The maximum atomic E-state index is 12.5. The molecule has 0 atom stereocenters. The molecule has 2 heterocycles. The van der Waals surface area contributed by atoms with E-state index in [0.29, 0.717) is 0 Å². The minimum absolute atomic E-state index is 0.126. The topological polar surface area (TPSA) is 33.2 Å². The second kappa shape index (κ2) is 5.68. The van der Waals surface area contributed by atoms with Gasteiger partial charge < -0.3 is 4.90 Å². The highest BCUT2D eigenvalue weighted by molar-refractivity contribution is 5.95. The molecule has 0 radical (unpaired) electrons. The number of likely N-dealkylation sites (tertiary alicyclic amines) is 1. The highest BCUT2D eigenvalue weighted by atomic mass is 16.2. The predicted octanol–water partition coefficient (Wildman–Crippen LogP) is 3.60. The first-order chi connectivity index (χ1) is 10.2. The van der Waals surface area contributed by atoms with Gasteiger partial charge in [-0.05, 0) is 49.9 Å². The summed E-state index contributed by atoms with van der Waals surface area (Å²) in [5, 5.41) is 0. The molecule has 1 fully saturated rings. The van der Waals surface area contributed by atoms with Crippen LogP contribution < -0.4 is 0 Å². The van der Waals surface area contributed by atoms with Gasteiger partial charge in [-0.1, -0.05) is 18.2 Å². The van der Waals surface area contributed by atoms with Gasteiger partial charge in [0.1, 0.15) is 0 Å². The van der Waals surface area contributed by atoms with Crippen molar-refractivity contribution < 1.29 is 4.79 Å². The van der Waals surface area contributed by atoms with Crippen molar-refractivity contribution in [1.82, 2.24) is 9.88 Å². The average Bonchev–Trinajstić information content (AvgIpc) is 3.04. The maximum Gasteiger partial charge on any atom is 0.253 e. The van der Waals surface area contributed by atoms with Crippen molar-refractivity contribution in [3.63, 3.8) is 0 Å². The van der Waals surface area contributed by atoms with Crippen molar-refractivity contribution in [3.05, 3.63) is 53.2 Å². The molecule has 1 aromatic heterocycles. The minimum atomic E-state index is 0.126. The summed E-state index contributed by atoms with van der Waals surface area (Å²) in [6.45, 7) is 5.94. The Balaban J connectivity index is 1.96. The second-order valence-electron chi connectivity index (χ2n) is 5.68. The number of aryl methyl sites for hydroxylation is 1. The number of benzene rings is 1. The summed E-state index contributed by atoms with van der Waals surface area (Å²) in [7, 11) is 0. The molecule has 1 saturated heterocycles. The van der Waals surface area contributed by atoms with Crippen LogP contribution in [0.15, 0.2) is 36.5 Å². The average molecular weight is 280 g/mol. The molecule has 0 aliphatic carbocycles. The van der Waals surface area contributed by atoms with E-state index in [4.69, 9.17) is 0 Å². The van der Waals surface area contributed by atoms with Crippen LogP contribution in [0.3, 0.4) is 0 Å². The Labute approximate surface area is 125 Å². The van der Waals surface area contributed by atoms with Gasteiger partial charge in [-0.25, -0.2) is 0 Å². The fourth-order valence-corrected chi connectivity index (χ4v) is 2.84. The van der Waals surface area contributed by atoms with E-state index in [2.05, 4.69) is 31.0 Å². The molecule has 3 rings (SSSR count). The van der Waals surface area contributed by atoms with Crippen molar-refractivity contribution in [3.8, 4) is 11.3 Å². The molecule has 2 aromatic rings. The van der Waals surface area contributed by atoms with Crippen molar-refractivity contribution in [2.24, 2.45) is 0 Å². The summed E-state index contributed by atoms with van der Waals surface area (Å²) in [5.41, 5.74) is 5.18. The number of hydrogen-bond acceptors (Lipinski definition) is 2. The van der Waals surface area contributed by atoms with Crippen molar-refractivity contribution in [2.75, 3.05) is 13.1 Å². The SMILES string of the molecule is Cc1cccc(-c2cc(C(=O)N3CCCC3)ccn2)c1C. The third-order valence-electron chi connectivity index (χ3n) is 4.28. The van der Waals surface area contributed by atoms with E-state index in [1.165, 1.54) is 11.1 Å². The Bertz CT molecular complexity index is 673. The van der Waals surface area contributed by atoms with Gasteiger partial charge in [-0.2, -0.15) is 0 Å². The van der Waals surface area contributed by atoms with Crippen LogP contribution >= 0.6 is 0 Å². The van der Waals surface area contributed by atoms with Gasteiger partial charge in [0.25, 0.3) is 5.91 Å². The second-order valence-corrected chi connectivity index (χ2v) is 5.68. The van der Waals surface area contributed by atoms with Gasteiger partial charge in [0.05, 0.1) is 5.69 Å². The Morgan fingerprint density at radius 1 is 1.14 bits per heavy atom. The van der Waals surface area contributed by atoms with Crippen molar-refractivity contribution >= 4 is 5.91 Å². The van der Waals surface area contributed by atoms with E-state index in [1.807, 2.05) is 23.1 Å². The van der Waals surface area contributed by atoms with Crippen LogP contribution in [0.4, 0.5) is 0 Å². The van der Waals surface area contributed by atoms with Crippen LogP contribution in [0, 0.1) is 13.8 Å². The number of amides is 1. The Morgan fingerprint density at radius 3 is 2.67 bits per heavy atom. The van der Waals surface area contributed by atoms with Gasteiger partial charge in [-0.15, -0.1) is 0 Å². The Morgan fingerprint density at radius 2 is 1.90 bits per heavy atom. The summed E-state index contributed by atoms with van der Waals surface area (Å²) in [5.74, 6) is 0.126. The molecule has 1 aromatic carbocycles. The maximum absolute atomic E-state index is 12.5. The zero-order valence-corrected chi connectivity index (χ0v) is 12.6. The first kappa shape index (κ1) is 13.8. The number of aromatic nitrogens is 1. The molecule has 0 spiro atoms. The van der Waals surface area contributed by atoms with E-state index in [0.717, 1.165) is 42.8 Å². The standard InChI is InChI=1S/C18H20N2O/c1-13-6-5-7-16(14(13)2)17-12-15(8-9-19-17)18(21)20-10-3-4-11-20/h5-9,12H,3-4,10-11H2,1-2H3. The number of rotatable bonds is 2. The molecule has 0 N–H and O–H groups in total. The molecule has 21 heavy (non-hydrogen) atoms. The van der Waals surface area contributed by atoms with Crippen LogP contribution in [0.25, 0.3) is 11.3 Å². The number of pyridine rings is 1. The predicted molar refractivity (Wildman–Crippen MR) is 84.3 cm³/mol. The van der Waals surface area contributed by atoms with E-state index >= 15 is 0 Å². The number of nitrogens with zero attached hydrogens (tertiary/aromatic N) is 2. The summed E-state index contributed by atoms with van der Waals surface area (Å²) in [6.07, 6.45) is 3.96. The molecule has 0 bridgehead atoms. The number of hydrogen-bond donors (Lipinski definition) is 0. The lowest BCUT2D eigenvalue weighted by Crippen LogP contribution is -2.27. The Kier molecular flexibility index (Phi) is 3.74. The van der Waals surface area contributed by atoms with Gasteiger partial charge in [-0.3, -0.25) is 9.78 Å². The monoisotopic (exact) mass is 280 g/mol. The van der Waals surface area contributed by atoms with Gasteiger partial charge in [0, 0.05) is 30.4 Å². The fourth-order valence-electron chi connectivity index (χ4n) is 2.84. The van der Waals surface area contributed by atoms with Crippen LogP contribution in [0.5, 0.6) is 0 Å². The summed E-state index contributed by atoms with van der Waals surface area (Å²) < 4.78 is 0. The van der Waals surface area contributed by atoms with E-state index in [1.54, 1.807) is 6.20 Å². The molecular weight excluding hydrogens is 260 g/mol. The highest BCUT2D eigenvalue weighted by Gasteiger charge is 2.20. The quantitative estimate of drug-likeness (QED) is 0.842. The zero-order chi connectivity index (χ0) is 14.8. The zero-order valence-electron chi connectivity index (χ0n) is 12.6. The third-order valence-corrected chi connectivity index (χ3v) is 4.28. The fraction of sp³-hybridized carbons (Fsp3) is 0.333. The first-order valence-electron chi connectivity index (χ1n) is 7.49. The third kappa shape index (κ3) is 2.68. The smallest absolute Gasteiger partial charge is 0.253 e. The van der Waals surface area contributed by atoms with E-state index in [9.17, 15) is 4.79 Å². The van der Waals surface area contributed by atoms with Crippen LogP contribution in [-0.4, -0.2) is 28.9 Å². The molecule has 1 aliphatic rings. The lowest BCUT2D eigenvalue weighted by atomic mass is 9.99. The largest absolute Gasteiger partial charge is 0.339 e. The summed E-state index contributed by atoms with van der Waals surface area (Å²) in [6, 6.07) is 9.93. The van der Waals surface area contributed by atoms with Crippen molar-refractivity contribution in [1.29, 1.82) is 0 Å². The molecule has 108 valence electrons. The molecule has 3 nitrogen and oxygen atoms in total.